The number of esters is 1. The van der Waals surface area contributed by atoms with Crippen LogP contribution in [0, 0.1) is 6.92 Å². The van der Waals surface area contributed by atoms with E-state index in [1.165, 1.54) is 37.7 Å². The Balaban J connectivity index is 1.87. The number of carbonyl (C=O) groups is 2. The Morgan fingerprint density at radius 3 is 2.54 bits per heavy atom. The van der Waals surface area contributed by atoms with E-state index in [1.54, 1.807) is 24.4 Å². The van der Waals surface area contributed by atoms with Gasteiger partial charge in [0.25, 0.3) is 11.8 Å². The number of methoxy groups -OCH3 is 2. The van der Waals surface area contributed by atoms with Crippen LogP contribution in [0.1, 0.15) is 31.8 Å². The average Bonchev–Trinajstić information content (AvgIpc) is 3.37. The van der Waals surface area contributed by atoms with E-state index in [0.717, 1.165) is 0 Å². The fraction of sp³-hybridized carbons (Fsp3) is 0.222. The molecule has 2 aromatic heterocycles. The van der Waals surface area contributed by atoms with Crippen molar-refractivity contribution in [2.24, 2.45) is 0 Å². The standard InChI is InChI=1S/C18H17N3O6S/c1-10-20-21-16(27-10)9-26-18(23)11-7-13(24-2)14(25-3)8-12(11)19-17(22)15-5-4-6-28-15/h4-8H,9H2,1-3H3,(H,19,22). The molecule has 0 bridgehead atoms. The van der Waals surface area contributed by atoms with Crippen molar-refractivity contribution in [1.82, 2.24) is 10.2 Å². The van der Waals surface area contributed by atoms with Gasteiger partial charge in [0.15, 0.2) is 18.1 Å². The molecule has 9 nitrogen and oxygen atoms in total. The summed E-state index contributed by atoms with van der Waals surface area (Å²) < 4.78 is 20.9. The molecule has 3 rings (SSSR count). The van der Waals surface area contributed by atoms with E-state index in [9.17, 15) is 9.59 Å². The highest BCUT2D eigenvalue weighted by Crippen LogP contribution is 2.34. The molecule has 3 aromatic rings. The van der Waals surface area contributed by atoms with Crippen molar-refractivity contribution in [3.05, 3.63) is 51.9 Å². The maximum Gasteiger partial charge on any atom is 0.340 e. The monoisotopic (exact) mass is 403 g/mol. The van der Waals surface area contributed by atoms with Gasteiger partial charge in [0, 0.05) is 19.1 Å². The zero-order valence-electron chi connectivity index (χ0n) is 15.3. The second-order valence-corrected chi connectivity index (χ2v) is 6.42. The number of hydrogen-bond donors (Lipinski definition) is 1. The summed E-state index contributed by atoms with van der Waals surface area (Å²) in [4.78, 5) is 25.5. The maximum atomic E-state index is 12.6. The first-order chi connectivity index (χ1) is 13.5. The Morgan fingerprint density at radius 2 is 1.93 bits per heavy atom. The van der Waals surface area contributed by atoms with Gasteiger partial charge >= 0.3 is 5.97 Å². The van der Waals surface area contributed by atoms with Crippen LogP contribution in [0.5, 0.6) is 11.5 Å². The summed E-state index contributed by atoms with van der Waals surface area (Å²) in [6.45, 7) is 1.43. The van der Waals surface area contributed by atoms with Crippen LogP contribution in [-0.4, -0.2) is 36.3 Å². The minimum absolute atomic E-state index is 0.0961. The lowest BCUT2D eigenvalue weighted by Gasteiger charge is -2.14. The second kappa shape index (κ2) is 8.53. The van der Waals surface area contributed by atoms with Gasteiger partial charge in [0.1, 0.15) is 0 Å². The number of rotatable bonds is 7. The van der Waals surface area contributed by atoms with Crippen LogP contribution < -0.4 is 14.8 Å². The summed E-state index contributed by atoms with van der Waals surface area (Å²) in [5, 5.41) is 11.9. The van der Waals surface area contributed by atoms with E-state index >= 15 is 0 Å². The predicted octanol–water partition coefficient (Wildman–Crippen LogP) is 3.07. The minimum atomic E-state index is -0.696. The van der Waals surface area contributed by atoms with E-state index in [0.29, 0.717) is 22.3 Å². The minimum Gasteiger partial charge on any atom is -0.493 e. The van der Waals surface area contributed by atoms with E-state index in [4.69, 9.17) is 18.6 Å². The molecule has 0 saturated carbocycles. The lowest BCUT2D eigenvalue weighted by atomic mass is 10.1. The first-order valence-electron chi connectivity index (χ1n) is 8.08. The fourth-order valence-corrected chi connectivity index (χ4v) is 2.96. The molecule has 1 amide bonds. The third kappa shape index (κ3) is 4.29. The summed E-state index contributed by atoms with van der Waals surface area (Å²) in [7, 11) is 2.90. The van der Waals surface area contributed by atoms with Crippen LogP contribution in [0.15, 0.2) is 34.1 Å². The highest BCUT2D eigenvalue weighted by Gasteiger charge is 2.21. The Bertz CT molecular complexity index is 983. The summed E-state index contributed by atoms with van der Waals surface area (Å²) in [6.07, 6.45) is 0. The molecule has 0 fully saturated rings. The Hall–Kier alpha value is -3.40. The third-order valence-corrected chi connectivity index (χ3v) is 4.50. The highest BCUT2D eigenvalue weighted by molar-refractivity contribution is 7.12. The van der Waals surface area contributed by atoms with Crippen molar-refractivity contribution in [1.29, 1.82) is 0 Å². The van der Waals surface area contributed by atoms with Gasteiger partial charge in [-0.1, -0.05) is 6.07 Å². The van der Waals surface area contributed by atoms with Crippen LogP contribution in [-0.2, 0) is 11.3 Å². The van der Waals surface area contributed by atoms with Crippen molar-refractivity contribution in [2.75, 3.05) is 19.5 Å². The lowest BCUT2D eigenvalue weighted by molar-refractivity contribution is 0.0437. The molecule has 0 radical (unpaired) electrons. The van der Waals surface area contributed by atoms with E-state index < -0.39 is 5.97 Å². The van der Waals surface area contributed by atoms with Crippen LogP contribution in [0.4, 0.5) is 5.69 Å². The largest absolute Gasteiger partial charge is 0.493 e. The number of thiophene rings is 1. The van der Waals surface area contributed by atoms with Crippen molar-refractivity contribution in [3.63, 3.8) is 0 Å². The van der Waals surface area contributed by atoms with Gasteiger partial charge in [-0.3, -0.25) is 4.79 Å². The number of ether oxygens (including phenoxy) is 3. The van der Waals surface area contributed by atoms with Gasteiger partial charge in [0.05, 0.1) is 30.3 Å². The molecule has 0 aliphatic heterocycles. The molecule has 1 N–H and O–H groups in total. The molecule has 0 aliphatic rings. The zero-order chi connectivity index (χ0) is 20.1. The molecule has 0 aliphatic carbocycles. The molecule has 2 heterocycles. The quantitative estimate of drug-likeness (QED) is 0.599. The Labute approximate surface area is 164 Å². The first-order valence-corrected chi connectivity index (χ1v) is 8.96. The smallest absolute Gasteiger partial charge is 0.340 e. The number of carbonyl (C=O) groups excluding carboxylic acids is 2. The lowest BCUT2D eigenvalue weighted by Crippen LogP contribution is -2.15. The van der Waals surface area contributed by atoms with Gasteiger partial charge in [-0.15, -0.1) is 21.5 Å². The number of nitrogens with one attached hydrogen (secondary N) is 1. The number of hydrogen-bond acceptors (Lipinski definition) is 9. The normalized spacial score (nSPS) is 10.4. The van der Waals surface area contributed by atoms with Crippen molar-refractivity contribution >= 4 is 28.9 Å². The molecule has 146 valence electrons. The van der Waals surface area contributed by atoms with E-state index in [1.807, 2.05) is 0 Å². The molecule has 1 aromatic carbocycles. The number of aryl methyl sites for hydroxylation is 1. The van der Waals surface area contributed by atoms with Gasteiger partial charge in [-0.2, -0.15) is 0 Å². The molecular weight excluding hydrogens is 386 g/mol. The van der Waals surface area contributed by atoms with Crippen LogP contribution in [0.3, 0.4) is 0 Å². The second-order valence-electron chi connectivity index (χ2n) is 5.48. The number of anilines is 1. The SMILES string of the molecule is COc1cc(NC(=O)c2cccs2)c(C(=O)OCc2nnc(C)o2)cc1OC. The number of amides is 1. The van der Waals surface area contributed by atoms with Gasteiger partial charge in [-0.25, -0.2) is 4.79 Å². The van der Waals surface area contributed by atoms with Crippen molar-refractivity contribution < 1.29 is 28.2 Å². The zero-order valence-corrected chi connectivity index (χ0v) is 16.2. The predicted molar refractivity (Wildman–Crippen MR) is 100.0 cm³/mol. The van der Waals surface area contributed by atoms with E-state index in [2.05, 4.69) is 15.5 Å². The molecule has 28 heavy (non-hydrogen) atoms. The molecule has 0 atom stereocenters. The number of benzene rings is 1. The van der Waals surface area contributed by atoms with Crippen molar-refractivity contribution in [3.8, 4) is 11.5 Å². The molecule has 0 saturated heterocycles. The first kappa shape index (κ1) is 19.4. The molecule has 0 unspecified atom stereocenters. The number of nitrogens with zero attached hydrogens (tertiary/aromatic N) is 2. The van der Waals surface area contributed by atoms with Crippen LogP contribution >= 0.6 is 11.3 Å². The van der Waals surface area contributed by atoms with Gasteiger partial charge in [-0.05, 0) is 11.4 Å². The summed E-state index contributed by atoms with van der Waals surface area (Å²) in [5.41, 5.74) is 0.321. The summed E-state index contributed by atoms with van der Waals surface area (Å²) in [6, 6.07) is 6.37. The van der Waals surface area contributed by atoms with Crippen LogP contribution in [0.25, 0.3) is 0 Å². The Kier molecular flexibility index (Phi) is 5.90. The van der Waals surface area contributed by atoms with Gasteiger partial charge < -0.3 is 23.9 Å². The molecular formula is C18H17N3O6S. The molecule has 10 heteroatoms. The number of aromatic nitrogens is 2. The fourth-order valence-electron chi connectivity index (χ4n) is 2.34. The maximum absolute atomic E-state index is 12.6. The van der Waals surface area contributed by atoms with Gasteiger partial charge in [0.2, 0.25) is 5.89 Å². The summed E-state index contributed by atoms with van der Waals surface area (Å²) in [5.74, 6) is 0.143. The molecule has 0 spiro atoms. The van der Waals surface area contributed by atoms with Crippen LogP contribution in [0.2, 0.25) is 0 Å². The Morgan fingerprint density at radius 1 is 1.18 bits per heavy atom. The van der Waals surface area contributed by atoms with Crippen molar-refractivity contribution in [2.45, 2.75) is 13.5 Å². The third-order valence-electron chi connectivity index (χ3n) is 3.63. The average molecular weight is 403 g/mol. The summed E-state index contributed by atoms with van der Waals surface area (Å²) >= 11 is 1.28. The topological polar surface area (TPSA) is 113 Å². The van der Waals surface area contributed by atoms with E-state index in [-0.39, 0.29) is 29.7 Å². The highest BCUT2D eigenvalue weighted by atomic mass is 32.1.